The number of allylic oxidation sites excluding steroid dienone is 12. The lowest BCUT2D eigenvalue weighted by Gasteiger charge is -2.26. The zero-order valence-corrected chi connectivity index (χ0v) is 53.8. The Kier molecular flexibility index (Phi) is 19.4. The van der Waals surface area contributed by atoms with Gasteiger partial charge in [0.1, 0.15) is 11.5 Å². The highest BCUT2D eigenvalue weighted by molar-refractivity contribution is 6.07. The minimum Gasteiger partial charge on any atom is -0.496 e. The minimum atomic E-state index is 0.438. The fraction of sp³-hybridized carbons (Fsp3) is 0.0667. The number of nitrogens with zero attached hydrogens (tertiary/aromatic N) is 4. The van der Waals surface area contributed by atoms with Crippen molar-refractivity contribution < 1.29 is 9.47 Å². The van der Waals surface area contributed by atoms with E-state index in [1.54, 1.807) is 14.2 Å². The van der Waals surface area contributed by atoms with Crippen molar-refractivity contribution in [1.82, 2.24) is 0 Å². The first-order valence-corrected chi connectivity index (χ1v) is 32.5. The maximum atomic E-state index is 10.8. The van der Waals surface area contributed by atoms with E-state index in [4.69, 9.17) is 9.47 Å². The molecule has 96 heavy (non-hydrogen) atoms. The third-order valence-corrected chi connectivity index (χ3v) is 17.5. The third kappa shape index (κ3) is 13.8. The molecular formula is C90H70N4O2. The molecule has 6 heteroatoms. The van der Waals surface area contributed by atoms with E-state index in [0.717, 1.165) is 93.2 Å². The highest BCUT2D eigenvalue weighted by Gasteiger charge is 2.23. The molecule has 0 spiro atoms. The van der Waals surface area contributed by atoms with Gasteiger partial charge < -0.3 is 19.3 Å². The van der Waals surface area contributed by atoms with Gasteiger partial charge in [0.15, 0.2) is 0 Å². The highest BCUT2D eigenvalue weighted by atomic mass is 16.5. The normalized spacial score (nSPS) is 13.4. The Bertz CT molecular complexity index is 4560. The zero-order valence-electron chi connectivity index (χ0n) is 53.8. The summed E-state index contributed by atoms with van der Waals surface area (Å²) < 4.78 is 12.1. The molecule has 0 radical (unpaired) electrons. The lowest BCUT2D eigenvalue weighted by Crippen LogP contribution is -2.10. The molecule has 11 aromatic rings. The molecule has 0 saturated carbocycles. The van der Waals surface area contributed by atoms with Crippen molar-refractivity contribution in [1.29, 1.82) is 10.5 Å². The van der Waals surface area contributed by atoms with Crippen LogP contribution in [0.25, 0.3) is 45.6 Å². The fourth-order valence-electron chi connectivity index (χ4n) is 12.9. The monoisotopic (exact) mass is 1240 g/mol. The Morgan fingerprint density at radius 3 is 0.844 bits per heavy atom. The number of para-hydroxylation sites is 2. The molecule has 2 aliphatic rings. The summed E-state index contributed by atoms with van der Waals surface area (Å²) >= 11 is 0. The van der Waals surface area contributed by atoms with Crippen LogP contribution in [0.5, 0.6) is 11.5 Å². The van der Waals surface area contributed by atoms with E-state index in [-0.39, 0.29) is 0 Å². The largest absolute Gasteiger partial charge is 0.496 e. The van der Waals surface area contributed by atoms with Gasteiger partial charge in [-0.3, -0.25) is 0 Å². The smallest absolute Gasteiger partial charge is 0.126 e. The van der Waals surface area contributed by atoms with Gasteiger partial charge in [-0.2, -0.15) is 10.5 Å². The molecule has 0 aromatic heterocycles. The Labute approximate surface area is 564 Å². The molecule has 0 saturated heterocycles. The van der Waals surface area contributed by atoms with E-state index < -0.39 is 0 Å². The Balaban J connectivity index is 0.785. The van der Waals surface area contributed by atoms with E-state index in [0.29, 0.717) is 33.8 Å². The summed E-state index contributed by atoms with van der Waals surface area (Å²) in [6, 6.07) is 106. The molecule has 6 nitrogen and oxygen atoms in total. The van der Waals surface area contributed by atoms with Gasteiger partial charge in [-0.05, 0) is 201 Å². The van der Waals surface area contributed by atoms with Gasteiger partial charge in [-0.15, -0.1) is 0 Å². The van der Waals surface area contributed by atoms with E-state index in [1.165, 1.54) is 44.6 Å². The van der Waals surface area contributed by atoms with Crippen molar-refractivity contribution in [3.8, 4) is 23.6 Å². The van der Waals surface area contributed by atoms with Crippen LogP contribution in [-0.4, -0.2) is 14.2 Å². The van der Waals surface area contributed by atoms with Crippen LogP contribution in [0.4, 0.5) is 34.1 Å². The molecular weight excluding hydrogens is 1170 g/mol. The first kappa shape index (κ1) is 62.3. The van der Waals surface area contributed by atoms with Crippen molar-refractivity contribution >= 4 is 79.7 Å². The number of hydrogen-bond donors (Lipinski definition) is 0. The van der Waals surface area contributed by atoms with Gasteiger partial charge in [0, 0.05) is 45.3 Å². The van der Waals surface area contributed by atoms with Crippen LogP contribution in [-0.2, 0) is 0 Å². The predicted octanol–water partition coefficient (Wildman–Crippen LogP) is 23.2. The quantitative estimate of drug-likeness (QED) is 0.0559. The number of hydrogen-bond acceptors (Lipinski definition) is 6. The molecule has 0 amide bonds. The van der Waals surface area contributed by atoms with Gasteiger partial charge in [0.05, 0.1) is 37.5 Å². The maximum Gasteiger partial charge on any atom is 0.126 e. The third-order valence-electron chi connectivity index (χ3n) is 17.5. The van der Waals surface area contributed by atoms with E-state index in [1.807, 2.05) is 84.9 Å². The molecule has 0 aliphatic heterocycles. The van der Waals surface area contributed by atoms with Crippen LogP contribution < -0.4 is 19.3 Å². The van der Waals surface area contributed by atoms with Gasteiger partial charge in [0.2, 0.25) is 0 Å². The summed E-state index contributed by atoms with van der Waals surface area (Å²) in [5.41, 5.74) is 23.5. The number of ether oxygens (including phenoxy) is 2. The number of anilines is 6. The first-order valence-electron chi connectivity index (χ1n) is 32.5. The highest BCUT2D eigenvalue weighted by Crippen LogP contribution is 2.44. The number of methoxy groups -OCH3 is 2. The Hall–Kier alpha value is -12.5. The molecule has 0 atom stereocenters. The van der Waals surface area contributed by atoms with Crippen molar-refractivity contribution in [2.75, 3.05) is 24.0 Å². The van der Waals surface area contributed by atoms with Gasteiger partial charge in [0.25, 0.3) is 0 Å². The van der Waals surface area contributed by atoms with Crippen LogP contribution in [0.15, 0.2) is 339 Å². The molecule has 0 heterocycles. The molecule has 462 valence electrons. The summed E-state index contributed by atoms with van der Waals surface area (Å²) in [5, 5.41) is 21.7. The SMILES string of the molecule is COc1cc(C=C(C#N)c2ccc(N(c3ccccc3)c3ccc(C(=C(C4=CCCC=C4)c4ccccc4)c4ccccc4)cc3)cc2)c(OC)cc1C=C(C#N)c1ccc(N(c2ccccc2)c2ccc(C(=C(C3=CCCC=C3)c3ccccc3)c3ccccc3)cc2)cc1. The lowest BCUT2D eigenvalue weighted by atomic mass is 9.84. The van der Waals surface area contributed by atoms with Crippen LogP contribution in [0.1, 0.15) is 81.3 Å². The van der Waals surface area contributed by atoms with Crippen LogP contribution in [0.3, 0.4) is 0 Å². The summed E-state index contributed by atoms with van der Waals surface area (Å²) in [5.74, 6) is 1.03. The van der Waals surface area contributed by atoms with Crippen LogP contribution >= 0.6 is 0 Å². The summed E-state index contributed by atoms with van der Waals surface area (Å²) in [7, 11) is 3.21. The van der Waals surface area contributed by atoms with Crippen molar-refractivity contribution in [2.24, 2.45) is 0 Å². The molecule has 13 rings (SSSR count). The summed E-state index contributed by atoms with van der Waals surface area (Å²) in [6.45, 7) is 0. The van der Waals surface area contributed by atoms with Gasteiger partial charge >= 0.3 is 0 Å². The second-order valence-corrected chi connectivity index (χ2v) is 23.4. The predicted molar refractivity (Wildman–Crippen MR) is 399 cm³/mol. The van der Waals surface area contributed by atoms with E-state index in [9.17, 15) is 10.5 Å². The topological polar surface area (TPSA) is 72.5 Å². The molecule has 0 fully saturated rings. The van der Waals surface area contributed by atoms with E-state index in [2.05, 4.69) is 277 Å². The number of benzene rings is 11. The maximum absolute atomic E-state index is 10.8. The lowest BCUT2D eigenvalue weighted by molar-refractivity contribution is 0.401. The number of rotatable bonds is 20. The van der Waals surface area contributed by atoms with Crippen molar-refractivity contribution in [3.05, 3.63) is 394 Å². The van der Waals surface area contributed by atoms with Gasteiger partial charge in [-0.25, -0.2) is 0 Å². The van der Waals surface area contributed by atoms with Gasteiger partial charge in [-0.1, -0.05) is 243 Å². The van der Waals surface area contributed by atoms with Crippen molar-refractivity contribution in [2.45, 2.75) is 25.7 Å². The minimum absolute atomic E-state index is 0.438. The van der Waals surface area contributed by atoms with Crippen LogP contribution in [0, 0.1) is 22.7 Å². The van der Waals surface area contributed by atoms with Crippen LogP contribution in [0.2, 0.25) is 0 Å². The molecule has 0 N–H and O–H groups in total. The Morgan fingerprint density at radius 2 is 0.573 bits per heavy atom. The number of nitriles is 2. The standard InChI is InChI=1S/C90H70N4O2/c1-95-85-61-76(60-78(64-92)66-45-53-82(54-46-66)94(80-41-25-10-26-42-80)84-57-49-74(50-58-84)90(72-37-21-8-22-38-72)88(69-31-15-5-16-32-69)70-33-17-6-18-34-70)86(96-2)62-75(85)59-77(63-91)65-43-51-81(52-44-65)93(79-39-23-9-24-40-79)83-55-47-73(48-56-83)89(71-35-19-7-20-36-71)87(67-27-11-3-12-28-67)68-29-13-4-14-30-68/h3,5,7-13,15-17,19-62H,4,6,14,18H2,1-2H3. The second-order valence-electron chi connectivity index (χ2n) is 23.4. The second kappa shape index (κ2) is 29.9. The van der Waals surface area contributed by atoms with Crippen molar-refractivity contribution in [3.63, 3.8) is 0 Å². The molecule has 0 unspecified atom stereocenters. The fourth-order valence-corrected chi connectivity index (χ4v) is 12.9. The summed E-state index contributed by atoms with van der Waals surface area (Å²) in [6.07, 6.45) is 21.5. The molecule has 11 aromatic carbocycles. The average molecular weight is 1240 g/mol. The average Bonchev–Trinajstić information content (AvgIpc) is 0.812. The molecule has 2 aliphatic carbocycles. The summed E-state index contributed by atoms with van der Waals surface area (Å²) in [4.78, 5) is 4.47. The Morgan fingerprint density at radius 1 is 0.312 bits per heavy atom. The van der Waals surface area contributed by atoms with E-state index >= 15 is 0 Å². The molecule has 0 bridgehead atoms. The zero-order chi connectivity index (χ0) is 65.4. The first-order chi connectivity index (χ1) is 47.5.